The van der Waals surface area contributed by atoms with E-state index in [0.29, 0.717) is 5.75 Å². The second kappa shape index (κ2) is 8.06. The van der Waals surface area contributed by atoms with Crippen molar-refractivity contribution in [2.45, 2.75) is 25.1 Å². The minimum Gasteiger partial charge on any atom is -0.492 e. The van der Waals surface area contributed by atoms with E-state index >= 15 is 0 Å². The number of aromatic nitrogens is 2. The molecule has 1 heterocycles. The van der Waals surface area contributed by atoms with Crippen LogP contribution in [0.4, 0.5) is 9.52 Å². The van der Waals surface area contributed by atoms with E-state index in [2.05, 4.69) is 20.2 Å². The fourth-order valence-corrected chi connectivity index (χ4v) is 3.54. The number of ether oxygens (including phenoxy) is 1. The third kappa shape index (κ3) is 5.71. The summed E-state index contributed by atoms with van der Waals surface area (Å²) in [5, 5.41) is 9.89. The van der Waals surface area contributed by atoms with Gasteiger partial charge in [0.2, 0.25) is 15.4 Å². The first-order valence-corrected chi connectivity index (χ1v) is 9.91. The molecule has 11 heteroatoms. The van der Waals surface area contributed by atoms with E-state index in [1.54, 1.807) is 20.8 Å². The Hall–Kier alpha value is -2.11. The lowest BCUT2D eigenvalue weighted by Crippen LogP contribution is -2.28. The van der Waals surface area contributed by atoms with Crippen LogP contribution in [0.2, 0.25) is 0 Å². The molecule has 0 bridgehead atoms. The average Bonchev–Trinajstić information content (AvgIpc) is 3.02. The highest BCUT2D eigenvalue weighted by Gasteiger charge is 2.25. The van der Waals surface area contributed by atoms with Crippen LogP contribution in [-0.4, -0.2) is 37.7 Å². The second-order valence-electron chi connectivity index (χ2n) is 6.28. The molecule has 1 amide bonds. The molecule has 0 spiro atoms. The lowest BCUT2D eigenvalue weighted by Gasteiger charge is -2.15. The summed E-state index contributed by atoms with van der Waals surface area (Å²) in [6.45, 7) is 5.22. The van der Waals surface area contributed by atoms with Crippen molar-refractivity contribution in [1.82, 2.24) is 14.9 Å². The summed E-state index contributed by atoms with van der Waals surface area (Å²) in [5.74, 6) is -0.254. The monoisotopic (exact) mass is 402 g/mol. The Labute approximate surface area is 154 Å². The van der Waals surface area contributed by atoms with Crippen LogP contribution in [0.5, 0.6) is 5.75 Å². The van der Waals surface area contributed by atoms with Gasteiger partial charge in [-0.25, -0.2) is 17.5 Å². The Morgan fingerprint density at radius 2 is 1.88 bits per heavy atom. The van der Waals surface area contributed by atoms with Gasteiger partial charge in [0.15, 0.2) is 0 Å². The maximum absolute atomic E-state index is 12.8. The molecule has 0 unspecified atom stereocenters. The molecule has 2 aromatic rings. The second-order valence-corrected chi connectivity index (χ2v) is 9.20. The van der Waals surface area contributed by atoms with Crippen molar-refractivity contribution in [2.75, 3.05) is 18.5 Å². The fraction of sp³-hybridized carbons (Fsp3) is 0.400. The molecule has 0 radical (unpaired) electrons. The molecule has 0 aliphatic heterocycles. The van der Waals surface area contributed by atoms with Gasteiger partial charge < -0.3 is 10.1 Å². The number of nitrogens with zero attached hydrogens (tertiary/aromatic N) is 2. The minimum absolute atomic E-state index is 0.0109. The van der Waals surface area contributed by atoms with Crippen LogP contribution in [0.25, 0.3) is 0 Å². The van der Waals surface area contributed by atoms with Gasteiger partial charge in [-0.3, -0.25) is 4.79 Å². The first-order valence-electron chi connectivity index (χ1n) is 7.61. The maximum atomic E-state index is 12.8. The van der Waals surface area contributed by atoms with E-state index in [-0.39, 0.29) is 34.3 Å². The molecule has 0 aliphatic carbocycles. The average molecular weight is 402 g/mol. The van der Waals surface area contributed by atoms with Gasteiger partial charge in [0.25, 0.3) is 10.0 Å². The van der Waals surface area contributed by atoms with Gasteiger partial charge in [0.05, 0.1) is 0 Å². The van der Waals surface area contributed by atoms with Crippen molar-refractivity contribution in [2.24, 2.45) is 5.41 Å². The van der Waals surface area contributed by atoms with Crippen LogP contribution < -0.4 is 14.8 Å². The molecule has 142 valence electrons. The Bertz CT molecular complexity index is 861. The summed E-state index contributed by atoms with van der Waals surface area (Å²) in [5.41, 5.74) is -0.638. The number of benzene rings is 1. The number of nitrogens with one attached hydrogen (secondary N) is 2. The quantitative estimate of drug-likeness (QED) is 0.542. The van der Waals surface area contributed by atoms with Gasteiger partial charge in [-0.1, -0.05) is 32.1 Å². The number of amides is 1. The zero-order valence-corrected chi connectivity index (χ0v) is 16.1. The van der Waals surface area contributed by atoms with Crippen LogP contribution >= 0.6 is 11.3 Å². The van der Waals surface area contributed by atoms with E-state index < -0.39 is 15.4 Å². The van der Waals surface area contributed by atoms with Gasteiger partial charge in [0, 0.05) is 12.0 Å². The lowest BCUT2D eigenvalue weighted by molar-refractivity contribution is -0.123. The molecule has 0 saturated heterocycles. The predicted octanol–water partition coefficient (Wildman–Crippen LogP) is 2.02. The van der Waals surface area contributed by atoms with Crippen LogP contribution in [0.1, 0.15) is 20.8 Å². The van der Waals surface area contributed by atoms with Gasteiger partial charge in [-0.05, 0) is 24.3 Å². The summed E-state index contributed by atoms with van der Waals surface area (Å²) in [4.78, 5) is 11.9. The smallest absolute Gasteiger partial charge is 0.269 e. The highest BCUT2D eigenvalue weighted by molar-refractivity contribution is 7.91. The molecule has 0 aliphatic rings. The number of sulfonamides is 1. The Morgan fingerprint density at radius 3 is 2.50 bits per heavy atom. The number of hydrogen-bond acceptors (Lipinski definition) is 7. The highest BCUT2D eigenvalue weighted by atomic mass is 32.2. The third-order valence-corrected chi connectivity index (χ3v) is 5.68. The number of carbonyl (C=O) groups excluding carboxylic acids is 1. The Morgan fingerprint density at radius 1 is 1.23 bits per heavy atom. The van der Waals surface area contributed by atoms with Crippen LogP contribution in [-0.2, 0) is 14.8 Å². The van der Waals surface area contributed by atoms with E-state index in [4.69, 9.17) is 4.74 Å². The third-order valence-electron chi connectivity index (χ3n) is 3.01. The molecular formula is C15H19FN4O4S2. The summed E-state index contributed by atoms with van der Waals surface area (Å²) >= 11 is 0.753. The zero-order chi connectivity index (χ0) is 19.4. The van der Waals surface area contributed by atoms with Crippen molar-refractivity contribution >= 4 is 32.4 Å². The number of halogens is 1. The Kier molecular flexibility index (Phi) is 6.26. The minimum atomic E-state index is -3.87. The largest absolute Gasteiger partial charge is 0.492 e. The first kappa shape index (κ1) is 20.2. The SMILES string of the molecule is CC(C)(C)C(=O)Nc1nnc(S(=O)(=O)NCCOc2ccc(F)cc2)s1. The Balaban J connectivity index is 1.87. The predicted molar refractivity (Wildman–Crippen MR) is 95.1 cm³/mol. The number of hydrogen-bond donors (Lipinski definition) is 2. The fourth-order valence-electron chi connectivity index (χ4n) is 1.59. The van der Waals surface area contributed by atoms with Crippen LogP contribution in [0.15, 0.2) is 28.6 Å². The van der Waals surface area contributed by atoms with Crippen molar-refractivity contribution < 1.29 is 22.3 Å². The summed E-state index contributed by atoms with van der Waals surface area (Å²) < 4.78 is 44.5. The highest BCUT2D eigenvalue weighted by Crippen LogP contribution is 2.22. The van der Waals surface area contributed by atoms with Gasteiger partial charge >= 0.3 is 0 Å². The lowest BCUT2D eigenvalue weighted by atomic mass is 9.96. The number of carbonyl (C=O) groups is 1. The van der Waals surface area contributed by atoms with Crippen LogP contribution in [0.3, 0.4) is 0 Å². The summed E-state index contributed by atoms with van der Waals surface area (Å²) in [6.07, 6.45) is 0. The molecule has 1 aromatic carbocycles. The van der Waals surface area contributed by atoms with Crippen molar-refractivity contribution in [3.8, 4) is 5.75 Å². The molecular weight excluding hydrogens is 383 g/mol. The topological polar surface area (TPSA) is 110 Å². The van der Waals surface area contributed by atoms with Crippen molar-refractivity contribution in [3.63, 3.8) is 0 Å². The number of anilines is 1. The molecule has 1 aromatic heterocycles. The molecule has 0 atom stereocenters. The van der Waals surface area contributed by atoms with Gasteiger partial charge in [-0.15, -0.1) is 10.2 Å². The van der Waals surface area contributed by atoms with E-state index in [0.717, 1.165) is 11.3 Å². The van der Waals surface area contributed by atoms with Crippen molar-refractivity contribution in [1.29, 1.82) is 0 Å². The molecule has 2 rings (SSSR count). The summed E-state index contributed by atoms with van der Waals surface area (Å²) in [7, 11) is -3.87. The van der Waals surface area contributed by atoms with Crippen LogP contribution in [0, 0.1) is 11.2 Å². The normalized spacial score (nSPS) is 12.0. The standard InChI is InChI=1S/C15H19FN4O4S2/c1-15(2,3)12(21)18-13-19-20-14(25-13)26(22,23)17-8-9-24-11-6-4-10(16)5-7-11/h4-7,17H,8-9H2,1-3H3,(H,18,19,21). The molecule has 0 saturated carbocycles. The summed E-state index contributed by atoms with van der Waals surface area (Å²) in [6, 6.07) is 5.37. The van der Waals surface area contributed by atoms with Crippen molar-refractivity contribution in [3.05, 3.63) is 30.1 Å². The molecule has 8 nitrogen and oxygen atoms in total. The van der Waals surface area contributed by atoms with E-state index in [1.807, 2.05) is 0 Å². The molecule has 0 fully saturated rings. The first-order chi connectivity index (χ1) is 12.1. The van der Waals surface area contributed by atoms with Gasteiger partial charge in [0.1, 0.15) is 18.2 Å². The number of rotatable bonds is 7. The molecule has 2 N–H and O–H groups in total. The van der Waals surface area contributed by atoms with Gasteiger partial charge in [-0.2, -0.15) is 0 Å². The maximum Gasteiger partial charge on any atom is 0.269 e. The zero-order valence-electron chi connectivity index (χ0n) is 14.4. The molecule has 26 heavy (non-hydrogen) atoms. The van der Waals surface area contributed by atoms with E-state index in [9.17, 15) is 17.6 Å². The van der Waals surface area contributed by atoms with E-state index in [1.165, 1.54) is 24.3 Å².